The van der Waals surface area contributed by atoms with E-state index in [1.165, 1.54) is 6.92 Å². The Morgan fingerprint density at radius 2 is 1.82 bits per heavy atom. The minimum atomic E-state index is -1.34. The monoisotopic (exact) mass is 249 g/mol. The summed E-state index contributed by atoms with van der Waals surface area (Å²) in [5, 5.41) is 29.0. The average Bonchev–Trinajstić information content (AvgIpc) is 2.24. The van der Waals surface area contributed by atoms with Crippen LogP contribution in [-0.2, 0) is 14.3 Å². The number of ether oxygens (including phenoxy) is 2. The van der Waals surface area contributed by atoms with Crippen LogP contribution in [0.2, 0.25) is 0 Å². The summed E-state index contributed by atoms with van der Waals surface area (Å²) in [6.07, 6.45) is -5.45. The van der Waals surface area contributed by atoms with Crippen LogP contribution >= 0.6 is 0 Å². The summed E-state index contributed by atoms with van der Waals surface area (Å²) in [5.74, 6) is -0.497. The van der Waals surface area contributed by atoms with Crippen molar-refractivity contribution < 1.29 is 29.6 Å². The third-order valence-electron chi connectivity index (χ3n) is 2.65. The molecule has 1 unspecified atom stereocenters. The van der Waals surface area contributed by atoms with Crippen LogP contribution in [-0.4, -0.2) is 77.5 Å². The number of hydrogen-bond donors (Lipinski definition) is 3. The largest absolute Gasteiger partial charge is 0.463 e. The van der Waals surface area contributed by atoms with E-state index in [-0.39, 0.29) is 6.61 Å². The third-order valence-corrected chi connectivity index (χ3v) is 2.65. The molecule has 3 N–H and O–H groups in total. The van der Waals surface area contributed by atoms with Crippen molar-refractivity contribution in [2.45, 2.75) is 37.6 Å². The quantitative estimate of drug-likeness (QED) is 0.494. The molecule has 0 aliphatic carbocycles. The predicted molar refractivity (Wildman–Crippen MR) is 57.0 cm³/mol. The Hall–Kier alpha value is -0.730. The minimum absolute atomic E-state index is 0.162. The molecule has 1 aliphatic heterocycles. The van der Waals surface area contributed by atoms with Gasteiger partial charge in [0.1, 0.15) is 37.3 Å². The van der Waals surface area contributed by atoms with Gasteiger partial charge in [0.15, 0.2) is 0 Å². The number of likely N-dealkylation sites (N-methyl/N-ethyl adjacent to an activating group) is 1. The lowest BCUT2D eigenvalue weighted by atomic mass is 9.98. The second-order valence-corrected chi connectivity index (χ2v) is 4.30. The van der Waals surface area contributed by atoms with Gasteiger partial charge in [-0.05, 0) is 14.1 Å². The van der Waals surface area contributed by atoms with Crippen molar-refractivity contribution in [2.24, 2.45) is 0 Å². The van der Waals surface area contributed by atoms with Gasteiger partial charge in [-0.1, -0.05) is 0 Å². The number of carbonyl (C=O) groups is 1. The maximum atomic E-state index is 10.7. The van der Waals surface area contributed by atoms with Crippen LogP contribution in [0.15, 0.2) is 0 Å². The Balaban J connectivity index is 2.67. The van der Waals surface area contributed by atoms with E-state index in [1.54, 1.807) is 19.0 Å². The van der Waals surface area contributed by atoms with Crippen LogP contribution in [0.5, 0.6) is 0 Å². The van der Waals surface area contributed by atoms with Gasteiger partial charge in [-0.15, -0.1) is 0 Å². The molecule has 100 valence electrons. The highest BCUT2D eigenvalue weighted by atomic mass is 16.6. The number of carbonyl (C=O) groups excluding carboxylic acids is 1. The van der Waals surface area contributed by atoms with Crippen LogP contribution < -0.4 is 0 Å². The zero-order chi connectivity index (χ0) is 13.2. The third kappa shape index (κ3) is 3.36. The fourth-order valence-corrected chi connectivity index (χ4v) is 1.70. The average molecular weight is 249 g/mol. The molecule has 0 aromatic heterocycles. The van der Waals surface area contributed by atoms with Gasteiger partial charge in [0.05, 0.1) is 0 Å². The summed E-state index contributed by atoms with van der Waals surface area (Å²) < 4.78 is 10.1. The lowest BCUT2D eigenvalue weighted by Gasteiger charge is -2.42. The second-order valence-electron chi connectivity index (χ2n) is 4.30. The van der Waals surface area contributed by atoms with Crippen molar-refractivity contribution in [3.63, 3.8) is 0 Å². The van der Waals surface area contributed by atoms with E-state index in [2.05, 4.69) is 0 Å². The second kappa shape index (κ2) is 5.74. The maximum Gasteiger partial charge on any atom is 0.302 e. The number of esters is 1. The van der Waals surface area contributed by atoms with Crippen LogP contribution in [0.4, 0.5) is 0 Å². The number of rotatable bonds is 3. The molecule has 17 heavy (non-hydrogen) atoms. The Morgan fingerprint density at radius 1 is 1.24 bits per heavy atom. The van der Waals surface area contributed by atoms with Crippen LogP contribution in [0.1, 0.15) is 6.92 Å². The molecule has 7 heteroatoms. The zero-order valence-electron chi connectivity index (χ0n) is 10.1. The van der Waals surface area contributed by atoms with Crippen molar-refractivity contribution in [3.05, 3.63) is 0 Å². The van der Waals surface area contributed by atoms with Crippen LogP contribution in [0, 0.1) is 0 Å². The lowest BCUT2D eigenvalue weighted by Crippen LogP contribution is -2.62. The van der Waals surface area contributed by atoms with Gasteiger partial charge >= 0.3 is 5.97 Å². The first-order valence-corrected chi connectivity index (χ1v) is 5.34. The standard InChI is InChI=1S/C10H19NO6/c1-5(12)16-4-6-7(13)8(14)9(15)10(17-6)11(2)3/h6-10,13-15H,4H2,1-3H3/t6-,7-,8+,9+,10?/m1/s1. The molecular formula is C10H19NO6. The normalized spacial score (nSPS) is 38.2. The van der Waals surface area contributed by atoms with Crippen molar-refractivity contribution in [1.82, 2.24) is 4.90 Å². The van der Waals surface area contributed by atoms with E-state index >= 15 is 0 Å². The van der Waals surface area contributed by atoms with E-state index in [1.807, 2.05) is 0 Å². The zero-order valence-corrected chi connectivity index (χ0v) is 10.1. The molecule has 0 amide bonds. The molecule has 0 bridgehead atoms. The van der Waals surface area contributed by atoms with Gasteiger partial charge in [-0.25, -0.2) is 0 Å². The Kier molecular flexibility index (Phi) is 4.84. The fraction of sp³-hybridized carbons (Fsp3) is 0.900. The molecule has 5 atom stereocenters. The Bertz CT molecular complexity index is 272. The van der Waals surface area contributed by atoms with E-state index in [0.717, 1.165) is 0 Å². The fourth-order valence-electron chi connectivity index (χ4n) is 1.70. The molecule has 0 spiro atoms. The van der Waals surface area contributed by atoms with Gasteiger partial charge in [0, 0.05) is 6.92 Å². The lowest BCUT2D eigenvalue weighted by molar-refractivity contribution is -0.260. The number of hydrogen-bond acceptors (Lipinski definition) is 7. The van der Waals surface area contributed by atoms with Gasteiger partial charge in [0.2, 0.25) is 0 Å². The predicted octanol–water partition coefficient (Wildman–Crippen LogP) is -2.08. The molecule has 7 nitrogen and oxygen atoms in total. The number of nitrogens with zero attached hydrogens (tertiary/aromatic N) is 1. The van der Waals surface area contributed by atoms with E-state index in [0.29, 0.717) is 0 Å². The maximum absolute atomic E-state index is 10.7. The van der Waals surface area contributed by atoms with Crippen molar-refractivity contribution in [1.29, 1.82) is 0 Å². The summed E-state index contributed by atoms with van der Waals surface area (Å²) >= 11 is 0. The summed E-state index contributed by atoms with van der Waals surface area (Å²) in [4.78, 5) is 12.2. The topological polar surface area (TPSA) is 99.5 Å². The molecular weight excluding hydrogens is 230 g/mol. The SMILES string of the molecule is CC(=O)OC[C@H]1OC(N(C)C)[C@@H](O)[C@@H](O)[C@@H]1O. The highest BCUT2D eigenvalue weighted by molar-refractivity contribution is 5.65. The first kappa shape index (κ1) is 14.3. The van der Waals surface area contributed by atoms with Crippen molar-refractivity contribution in [3.8, 4) is 0 Å². The highest BCUT2D eigenvalue weighted by Gasteiger charge is 2.44. The van der Waals surface area contributed by atoms with Gasteiger partial charge in [-0.2, -0.15) is 0 Å². The summed E-state index contributed by atoms with van der Waals surface area (Å²) in [5.41, 5.74) is 0. The highest BCUT2D eigenvalue weighted by Crippen LogP contribution is 2.22. The molecule has 1 rings (SSSR count). The Morgan fingerprint density at radius 3 is 2.29 bits per heavy atom. The number of aliphatic hydroxyl groups excluding tert-OH is 3. The van der Waals surface area contributed by atoms with Crippen LogP contribution in [0.25, 0.3) is 0 Å². The molecule has 0 saturated carbocycles. The molecule has 0 aromatic carbocycles. The van der Waals surface area contributed by atoms with E-state index in [9.17, 15) is 20.1 Å². The molecule has 1 heterocycles. The van der Waals surface area contributed by atoms with Crippen molar-refractivity contribution >= 4 is 5.97 Å². The smallest absolute Gasteiger partial charge is 0.302 e. The van der Waals surface area contributed by atoms with Gasteiger partial charge in [-0.3, -0.25) is 9.69 Å². The Labute approximate surface area is 99.5 Å². The summed E-state index contributed by atoms with van der Waals surface area (Å²) in [6, 6.07) is 0. The first-order valence-electron chi connectivity index (χ1n) is 5.34. The molecule has 1 saturated heterocycles. The summed E-state index contributed by atoms with van der Waals surface area (Å²) in [6.45, 7) is 1.08. The number of aliphatic hydroxyl groups is 3. The summed E-state index contributed by atoms with van der Waals surface area (Å²) in [7, 11) is 3.34. The van der Waals surface area contributed by atoms with E-state index < -0.39 is 36.6 Å². The minimum Gasteiger partial charge on any atom is -0.463 e. The van der Waals surface area contributed by atoms with E-state index in [4.69, 9.17) is 9.47 Å². The molecule has 0 aromatic rings. The molecule has 1 aliphatic rings. The van der Waals surface area contributed by atoms with Crippen molar-refractivity contribution in [2.75, 3.05) is 20.7 Å². The van der Waals surface area contributed by atoms with Gasteiger partial charge < -0.3 is 24.8 Å². The first-order chi connectivity index (χ1) is 7.84. The molecule has 0 radical (unpaired) electrons. The van der Waals surface area contributed by atoms with Gasteiger partial charge in [0.25, 0.3) is 0 Å². The van der Waals surface area contributed by atoms with Crippen LogP contribution in [0.3, 0.4) is 0 Å². The molecule has 1 fully saturated rings.